The first-order chi connectivity index (χ1) is 7.73. The van der Waals surface area contributed by atoms with Gasteiger partial charge in [0.05, 0.1) is 0 Å². The smallest absolute Gasteiger partial charge is 0.127 e. The van der Waals surface area contributed by atoms with Crippen LogP contribution in [0.2, 0.25) is 0 Å². The second-order valence-corrected chi connectivity index (χ2v) is 5.83. The van der Waals surface area contributed by atoms with Gasteiger partial charge in [0.15, 0.2) is 0 Å². The first-order valence-electron chi connectivity index (χ1n) is 6.91. The van der Waals surface area contributed by atoms with Crippen molar-refractivity contribution < 1.29 is 4.79 Å². The standard InChI is InChI=1S/C14H25NO/c1-3-14(4-2,11-16)10-15-8-12-6-5-7-13(12)9-15/h11-13H,3-10H2,1-2H3. The van der Waals surface area contributed by atoms with E-state index in [1.54, 1.807) is 0 Å². The summed E-state index contributed by atoms with van der Waals surface area (Å²) in [5.74, 6) is 1.89. The fourth-order valence-corrected chi connectivity index (χ4v) is 3.58. The van der Waals surface area contributed by atoms with Gasteiger partial charge < -0.3 is 9.69 Å². The van der Waals surface area contributed by atoms with Gasteiger partial charge in [-0.1, -0.05) is 20.3 Å². The molecule has 1 saturated heterocycles. The van der Waals surface area contributed by atoms with Gasteiger partial charge in [0.2, 0.25) is 0 Å². The van der Waals surface area contributed by atoms with Crippen molar-refractivity contribution in [1.82, 2.24) is 4.90 Å². The fourth-order valence-electron chi connectivity index (χ4n) is 3.58. The third kappa shape index (κ3) is 2.17. The minimum atomic E-state index is -0.0708. The summed E-state index contributed by atoms with van der Waals surface area (Å²) in [7, 11) is 0. The molecule has 2 unspecified atom stereocenters. The number of carbonyl (C=O) groups excluding carboxylic acids is 1. The molecule has 2 atom stereocenters. The number of hydrogen-bond acceptors (Lipinski definition) is 2. The Kier molecular flexibility index (Phi) is 3.68. The van der Waals surface area contributed by atoms with Crippen LogP contribution < -0.4 is 0 Å². The van der Waals surface area contributed by atoms with Crippen LogP contribution in [0.4, 0.5) is 0 Å². The summed E-state index contributed by atoms with van der Waals surface area (Å²) in [5.41, 5.74) is -0.0708. The molecule has 0 N–H and O–H groups in total. The highest BCUT2D eigenvalue weighted by Gasteiger charge is 2.39. The summed E-state index contributed by atoms with van der Waals surface area (Å²) >= 11 is 0. The van der Waals surface area contributed by atoms with Crippen LogP contribution in [0.5, 0.6) is 0 Å². The molecule has 2 heteroatoms. The molecule has 0 aromatic heterocycles. The number of rotatable bonds is 5. The molecule has 0 spiro atoms. The van der Waals surface area contributed by atoms with Gasteiger partial charge in [-0.05, 0) is 37.5 Å². The Morgan fingerprint density at radius 1 is 1.19 bits per heavy atom. The van der Waals surface area contributed by atoms with Crippen LogP contribution in [-0.4, -0.2) is 30.8 Å². The van der Waals surface area contributed by atoms with E-state index in [-0.39, 0.29) is 5.41 Å². The van der Waals surface area contributed by atoms with Crippen LogP contribution in [0.15, 0.2) is 0 Å². The molecule has 1 saturated carbocycles. The van der Waals surface area contributed by atoms with E-state index in [9.17, 15) is 4.79 Å². The average molecular weight is 223 g/mol. The number of likely N-dealkylation sites (tertiary alicyclic amines) is 1. The Morgan fingerprint density at radius 3 is 2.19 bits per heavy atom. The molecule has 92 valence electrons. The Bertz CT molecular complexity index is 235. The largest absolute Gasteiger partial charge is 0.303 e. The van der Waals surface area contributed by atoms with Gasteiger partial charge in [0, 0.05) is 25.0 Å². The normalized spacial score (nSPS) is 30.6. The Hall–Kier alpha value is -0.370. The van der Waals surface area contributed by atoms with Crippen molar-refractivity contribution in [2.45, 2.75) is 46.0 Å². The molecule has 1 aliphatic heterocycles. The van der Waals surface area contributed by atoms with Crippen LogP contribution in [0.25, 0.3) is 0 Å². The van der Waals surface area contributed by atoms with Crippen LogP contribution in [0, 0.1) is 17.3 Å². The van der Waals surface area contributed by atoms with E-state index >= 15 is 0 Å². The minimum Gasteiger partial charge on any atom is -0.303 e. The molecule has 0 amide bonds. The van der Waals surface area contributed by atoms with E-state index in [2.05, 4.69) is 18.7 Å². The number of hydrogen-bond donors (Lipinski definition) is 0. The van der Waals surface area contributed by atoms with Crippen molar-refractivity contribution in [3.05, 3.63) is 0 Å². The van der Waals surface area contributed by atoms with Crippen molar-refractivity contribution in [2.24, 2.45) is 17.3 Å². The highest BCUT2D eigenvalue weighted by Crippen LogP contribution is 2.39. The Labute approximate surface area is 99.4 Å². The van der Waals surface area contributed by atoms with E-state index in [0.29, 0.717) is 0 Å². The van der Waals surface area contributed by atoms with Gasteiger partial charge in [-0.25, -0.2) is 0 Å². The zero-order valence-electron chi connectivity index (χ0n) is 10.7. The van der Waals surface area contributed by atoms with Crippen LogP contribution >= 0.6 is 0 Å². The van der Waals surface area contributed by atoms with Crippen molar-refractivity contribution in [1.29, 1.82) is 0 Å². The van der Waals surface area contributed by atoms with Gasteiger partial charge in [0.1, 0.15) is 6.29 Å². The summed E-state index contributed by atoms with van der Waals surface area (Å²) in [6.07, 6.45) is 7.46. The molecule has 2 nitrogen and oxygen atoms in total. The van der Waals surface area contributed by atoms with E-state index in [1.165, 1.54) is 38.6 Å². The lowest BCUT2D eigenvalue weighted by molar-refractivity contribution is -0.117. The zero-order chi connectivity index (χ0) is 11.6. The highest BCUT2D eigenvalue weighted by molar-refractivity contribution is 5.59. The average Bonchev–Trinajstić information content (AvgIpc) is 2.86. The maximum Gasteiger partial charge on any atom is 0.127 e. The van der Waals surface area contributed by atoms with Gasteiger partial charge in [-0.2, -0.15) is 0 Å². The predicted octanol–water partition coefficient (Wildman–Crippen LogP) is 2.72. The van der Waals surface area contributed by atoms with E-state index in [1.807, 2.05) is 0 Å². The lowest BCUT2D eigenvalue weighted by Gasteiger charge is -2.30. The van der Waals surface area contributed by atoms with Crippen molar-refractivity contribution >= 4 is 6.29 Å². The van der Waals surface area contributed by atoms with Crippen LogP contribution in [0.3, 0.4) is 0 Å². The molecule has 0 radical (unpaired) electrons. The minimum absolute atomic E-state index is 0.0708. The molecule has 0 aromatic carbocycles. The first kappa shape index (κ1) is 12.1. The predicted molar refractivity (Wildman–Crippen MR) is 66.4 cm³/mol. The van der Waals surface area contributed by atoms with Crippen molar-refractivity contribution in [2.75, 3.05) is 19.6 Å². The second-order valence-electron chi connectivity index (χ2n) is 5.83. The maximum atomic E-state index is 11.3. The van der Waals surface area contributed by atoms with Crippen LogP contribution in [0.1, 0.15) is 46.0 Å². The third-order valence-corrected chi connectivity index (χ3v) is 5.00. The topological polar surface area (TPSA) is 20.3 Å². The summed E-state index contributed by atoms with van der Waals surface area (Å²) < 4.78 is 0. The first-order valence-corrected chi connectivity index (χ1v) is 6.91. The zero-order valence-corrected chi connectivity index (χ0v) is 10.7. The summed E-state index contributed by atoms with van der Waals surface area (Å²) in [6.45, 7) is 7.79. The molecule has 2 aliphatic rings. The van der Waals surface area contributed by atoms with E-state index < -0.39 is 0 Å². The summed E-state index contributed by atoms with van der Waals surface area (Å²) in [5, 5.41) is 0. The molecular weight excluding hydrogens is 198 g/mol. The van der Waals surface area contributed by atoms with Crippen LogP contribution in [-0.2, 0) is 4.79 Å². The fraction of sp³-hybridized carbons (Fsp3) is 0.929. The third-order valence-electron chi connectivity index (χ3n) is 5.00. The Balaban J connectivity index is 1.92. The lowest BCUT2D eigenvalue weighted by Crippen LogP contribution is -2.37. The van der Waals surface area contributed by atoms with Gasteiger partial charge in [-0.15, -0.1) is 0 Å². The van der Waals surface area contributed by atoms with Gasteiger partial charge in [0.25, 0.3) is 0 Å². The monoisotopic (exact) mass is 223 g/mol. The Morgan fingerprint density at radius 2 is 1.75 bits per heavy atom. The SMILES string of the molecule is CCC(C=O)(CC)CN1CC2CCCC2C1. The molecule has 1 aliphatic carbocycles. The number of fused-ring (bicyclic) bond motifs is 1. The lowest BCUT2D eigenvalue weighted by atomic mass is 9.83. The summed E-state index contributed by atoms with van der Waals surface area (Å²) in [6, 6.07) is 0. The second kappa shape index (κ2) is 4.87. The van der Waals surface area contributed by atoms with E-state index in [0.717, 1.165) is 31.2 Å². The molecular formula is C14H25NO. The molecule has 1 heterocycles. The molecule has 0 aromatic rings. The summed E-state index contributed by atoms with van der Waals surface area (Å²) in [4.78, 5) is 13.8. The van der Waals surface area contributed by atoms with Crippen molar-refractivity contribution in [3.8, 4) is 0 Å². The number of carbonyl (C=O) groups is 1. The number of aldehydes is 1. The molecule has 16 heavy (non-hydrogen) atoms. The number of nitrogens with zero attached hydrogens (tertiary/aromatic N) is 1. The molecule has 2 rings (SSSR count). The highest BCUT2D eigenvalue weighted by atomic mass is 16.1. The maximum absolute atomic E-state index is 11.3. The van der Waals surface area contributed by atoms with E-state index in [4.69, 9.17) is 0 Å². The van der Waals surface area contributed by atoms with Gasteiger partial charge >= 0.3 is 0 Å². The molecule has 0 bridgehead atoms. The quantitative estimate of drug-likeness (QED) is 0.668. The van der Waals surface area contributed by atoms with Crippen molar-refractivity contribution in [3.63, 3.8) is 0 Å². The molecule has 2 fully saturated rings. The van der Waals surface area contributed by atoms with Gasteiger partial charge in [-0.3, -0.25) is 0 Å².